The molecule has 0 aromatic heterocycles. The van der Waals surface area contributed by atoms with E-state index >= 15 is 0 Å². The molecular weight excluding hydrogens is 172 g/mol. The van der Waals surface area contributed by atoms with Gasteiger partial charge in [-0.1, -0.05) is 6.04 Å². The smallest absolute Gasteiger partial charge is 0.318 e. The number of ether oxygens (including phenoxy) is 3. The van der Waals surface area contributed by atoms with Crippen molar-refractivity contribution in [3.05, 3.63) is 11.7 Å². The first-order valence-electron chi connectivity index (χ1n) is 4.15. The molecule has 0 atom stereocenters. The molecule has 0 saturated heterocycles. The molecule has 0 aliphatic heterocycles. The number of hydrogen-bond donors (Lipinski definition) is 0. The van der Waals surface area contributed by atoms with E-state index in [0.717, 1.165) is 18.6 Å². The van der Waals surface area contributed by atoms with E-state index in [0.29, 0.717) is 5.95 Å². The normalized spacial score (nSPS) is 9.25. The summed E-state index contributed by atoms with van der Waals surface area (Å²) in [5.41, 5.74) is 0. The molecule has 0 saturated carbocycles. The summed E-state index contributed by atoms with van der Waals surface area (Å²) in [4.78, 5) is 0. The van der Waals surface area contributed by atoms with Crippen LogP contribution in [0.5, 0.6) is 0 Å². The van der Waals surface area contributed by atoms with Gasteiger partial charge in [-0.05, 0) is 6.42 Å². The van der Waals surface area contributed by atoms with E-state index < -0.39 is 0 Å². The monoisotopic (exact) mass is 190 g/mol. The van der Waals surface area contributed by atoms with Crippen molar-refractivity contribution >= 4 is 10.2 Å². The van der Waals surface area contributed by atoms with Gasteiger partial charge in [0.15, 0.2) is 5.76 Å². The quantitative estimate of drug-likeness (QED) is 0.455. The number of allylic oxidation sites excluding steroid dienone is 1. The van der Waals surface area contributed by atoms with Gasteiger partial charge in [0.25, 0.3) is 0 Å². The van der Waals surface area contributed by atoms with E-state index in [9.17, 15) is 0 Å². The Hall–Kier alpha value is -0.643. The molecule has 4 heteroatoms. The maximum Gasteiger partial charge on any atom is 0.318 e. The van der Waals surface area contributed by atoms with Crippen LogP contribution in [0.4, 0.5) is 0 Å². The molecule has 0 bridgehead atoms. The highest BCUT2D eigenvalue weighted by atomic mass is 28.1. The van der Waals surface area contributed by atoms with Crippen molar-refractivity contribution < 1.29 is 14.2 Å². The molecular formula is C8H18O3Si. The lowest BCUT2D eigenvalue weighted by Crippen LogP contribution is -1.99. The van der Waals surface area contributed by atoms with E-state index in [1.165, 1.54) is 16.3 Å². The van der Waals surface area contributed by atoms with Crippen molar-refractivity contribution in [2.75, 3.05) is 21.3 Å². The first-order chi connectivity index (χ1) is 5.79. The van der Waals surface area contributed by atoms with E-state index in [1.807, 2.05) is 0 Å². The van der Waals surface area contributed by atoms with Gasteiger partial charge in [0.05, 0.1) is 21.3 Å². The van der Waals surface area contributed by atoms with Crippen LogP contribution in [0.3, 0.4) is 0 Å². The zero-order valence-electron chi connectivity index (χ0n) is 8.35. The predicted octanol–water partition coefficient (Wildman–Crippen LogP) is 0.659. The molecule has 0 radical (unpaired) electrons. The van der Waals surface area contributed by atoms with Crippen LogP contribution in [0.15, 0.2) is 11.7 Å². The molecule has 0 aromatic carbocycles. The van der Waals surface area contributed by atoms with Gasteiger partial charge < -0.3 is 14.2 Å². The second-order valence-electron chi connectivity index (χ2n) is 2.43. The summed E-state index contributed by atoms with van der Waals surface area (Å²) in [5, 5.41) is 0. The van der Waals surface area contributed by atoms with Crippen LogP contribution >= 0.6 is 0 Å². The predicted molar refractivity (Wildman–Crippen MR) is 52.0 cm³/mol. The van der Waals surface area contributed by atoms with Crippen LogP contribution in [0.2, 0.25) is 6.04 Å². The third-order valence-electron chi connectivity index (χ3n) is 1.60. The molecule has 0 unspecified atom stereocenters. The van der Waals surface area contributed by atoms with Gasteiger partial charge in [-0.25, -0.2) is 0 Å². The topological polar surface area (TPSA) is 27.7 Å². The van der Waals surface area contributed by atoms with Crippen LogP contribution in [-0.4, -0.2) is 31.6 Å². The van der Waals surface area contributed by atoms with E-state index in [-0.39, 0.29) is 0 Å². The fraction of sp³-hybridized carbons (Fsp3) is 0.750. The second kappa shape index (κ2) is 7.03. The van der Waals surface area contributed by atoms with E-state index in [1.54, 1.807) is 21.3 Å². The Kier molecular flexibility index (Phi) is 6.65. The zero-order valence-corrected chi connectivity index (χ0v) is 10.3. The summed E-state index contributed by atoms with van der Waals surface area (Å²) in [6.07, 6.45) is 2.04. The molecule has 3 nitrogen and oxygen atoms in total. The molecule has 72 valence electrons. The number of methoxy groups -OCH3 is 3. The largest absolute Gasteiger partial charge is 0.494 e. The molecule has 0 N–H and O–H groups in total. The summed E-state index contributed by atoms with van der Waals surface area (Å²) in [6, 6.07) is 1.27. The Bertz CT molecular complexity index is 139. The summed E-state index contributed by atoms with van der Waals surface area (Å²) >= 11 is 0. The second-order valence-corrected chi connectivity index (χ2v) is 3.43. The van der Waals surface area contributed by atoms with Crippen LogP contribution in [0, 0.1) is 0 Å². The van der Waals surface area contributed by atoms with Crippen molar-refractivity contribution in [1.82, 2.24) is 0 Å². The van der Waals surface area contributed by atoms with Gasteiger partial charge in [0, 0.05) is 16.7 Å². The Balaban J connectivity index is 4.14. The Morgan fingerprint density at radius 3 is 2.00 bits per heavy atom. The van der Waals surface area contributed by atoms with Gasteiger partial charge in [-0.2, -0.15) is 0 Å². The van der Waals surface area contributed by atoms with Crippen molar-refractivity contribution in [3.8, 4) is 0 Å². The van der Waals surface area contributed by atoms with Gasteiger partial charge in [-0.3, -0.25) is 0 Å². The summed E-state index contributed by atoms with van der Waals surface area (Å²) in [6.45, 7) is 0. The molecule has 12 heavy (non-hydrogen) atoms. The van der Waals surface area contributed by atoms with Crippen LogP contribution in [0.1, 0.15) is 12.8 Å². The SMILES string of the molecule is COC(CCC[SiH3])=C(OC)OC. The minimum absolute atomic E-state index is 0.493. The van der Waals surface area contributed by atoms with E-state index in [2.05, 4.69) is 0 Å². The van der Waals surface area contributed by atoms with Crippen molar-refractivity contribution in [2.24, 2.45) is 0 Å². The van der Waals surface area contributed by atoms with Crippen LogP contribution in [-0.2, 0) is 14.2 Å². The maximum absolute atomic E-state index is 5.14. The first kappa shape index (κ1) is 11.4. The highest BCUT2D eigenvalue weighted by Gasteiger charge is 2.06. The average Bonchev–Trinajstić information content (AvgIpc) is 2.12. The lowest BCUT2D eigenvalue weighted by Gasteiger charge is -2.10. The first-order valence-corrected chi connectivity index (χ1v) is 5.56. The average molecular weight is 190 g/mol. The minimum atomic E-state index is 0.493. The molecule has 0 amide bonds. The lowest BCUT2D eigenvalue weighted by atomic mass is 10.3. The Labute approximate surface area is 77.1 Å². The van der Waals surface area contributed by atoms with Gasteiger partial charge >= 0.3 is 5.95 Å². The van der Waals surface area contributed by atoms with Gasteiger partial charge in [0.1, 0.15) is 0 Å². The lowest BCUT2D eigenvalue weighted by molar-refractivity contribution is 0.0660. The molecule has 0 spiro atoms. The highest BCUT2D eigenvalue weighted by Crippen LogP contribution is 2.13. The summed E-state index contributed by atoms with van der Waals surface area (Å²) in [5.74, 6) is 1.29. The molecule has 0 aliphatic carbocycles. The van der Waals surface area contributed by atoms with Crippen LogP contribution < -0.4 is 0 Å². The van der Waals surface area contributed by atoms with Crippen molar-refractivity contribution in [2.45, 2.75) is 18.9 Å². The maximum atomic E-state index is 5.14. The van der Waals surface area contributed by atoms with Crippen LogP contribution in [0.25, 0.3) is 0 Å². The molecule has 0 heterocycles. The Morgan fingerprint density at radius 1 is 1.08 bits per heavy atom. The van der Waals surface area contributed by atoms with Gasteiger partial charge in [-0.15, -0.1) is 0 Å². The van der Waals surface area contributed by atoms with Gasteiger partial charge in [0.2, 0.25) is 0 Å². The fourth-order valence-corrected chi connectivity index (χ4v) is 1.29. The third kappa shape index (κ3) is 3.66. The summed E-state index contributed by atoms with van der Waals surface area (Å²) < 4.78 is 15.1. The molecule has 0 rings (SSSR count). The molecule has 0 aromatic rings. The number of hydrogen-bond acceptors (Lipinski definition) is 3. The van der Waals surface area contributed by atoms with E-state index in [4.69, 9.17) is 14.2 Å². The summed E-state index contributed by atoms with van der Waals surface area (Å²) in [7, 11) is 6.04. The fourth-order valence-electron chi connectivity index (χ4n) is 0.936. The third-order valence-corrected chi connectivity index (χ3v) is 2.31. The zero-order chi connectivity index (χ0) is 9.40. The standard InChI is InChI=1S/C8H18O3Si/c1-9-7(5-4-6-12)8(10-2)11-3/h4-6H2,1-3,12H3. The van der Waals surface area contributed by atoms with Crippen molar-refractivity contribution in [3.63, 3.8) is 0 Å². The minimum Gasteiger partial charge on any atom is -0.494 e. The highest BCUT2D eigenvalue weighted by molar-refractivity contribution is 6.08. The van der Waals surface area contributed by atoms with Crippen molar-refractivity contribution in [1.29, 1.82) is 0 Å². The number of rotatable bonds is 6. The Morgan fingerprint density at radius 2 is 1.67 bits per heavy atom. The molecule has 0 aliphatic rings. The molecule has 0 fully saturated rings.